The van der Waals surface area contributed by atoms with E-state index in [1.54, 1.807) is 0 Å². The zero-order valence-electron chi connectivity index (χ0n) is 7.38. The number of rotatable bonds is 2. The van der Waals surface area contributed by atoms with E-state index in [2.05, 4.69) is 5.16 Å². The van der Waals surface area contributed by atoms with Crippen molar-refractivity contribution in [2.24, 2.45) is 16.3 Å². The number of hydrogen-bond donors (Lipinski definition) is 1. The van der Waals surface area contributed by atoms with Crippen LogP contribution in [0.2, 0.25) is 0 Å². The summed E-state index contributed by atoms with van der Waals surface area (Å²) in [5.74, 6) is 0. The van der Waals surface area contributed by atoms with Gasteiger partial charge in [0.25, 0.3) is 0 Å². The van der Waals surface area contributed by atoms with Gasteiger partial charge in [0.1, 0.15) is 0 Å². The minimum Gasteiger partial charge on any atom is -0.380 e. The molecule has 0 radical (unpaired) electrons. The van der Waals surface area contributed by atoms with Crippen molar-refractivity contribution in [1.29, 1.82) is 0 Å². The maximum Gasteiger partial charge on any atom is 0.165 e. The third-order valence-electron chi connectivity index (χ3n) is 3.11. The van der Waals surface area contributed by atoms with Crippen molar-refractivity contribution < 1.29 is 4.84 Å². The van der Waals surface area contributed by atoms with E-state index in [-0.39, 0.29) is 6.73 Å². The molecular weight excluding hydrogens is 152 g/mol. The molecule has 2 fully saturated rings. The molecule has 0 aromatic rings. The lowest BCUT2D eigenvalue weighted by atomic mass is 9.85. The van der Waals surface area contributed by atoms with Gasteiger partial charge in [0.05, 0.1) is 5.71 Å². The Hall–Kier alpha value is -0.570. The Kier molecular flexibility index (Phi) is 2.05. The summed E-state index contributed by atoms with van der Waals surface area (Å²) in [6.07, 6.45) is 7.77. The highest BCUT2D eigenvalue weighted by atomic mass is 16.6. The maximum absolute atomic E-state index is 5.18. The van der Waals surface area contributed by atoms with Crippen LogP contribution in [0.4, 0.5) is 0 Å². The van der Waals surface area contributed by atoms with Gasteiger partial charge in [0.2, 0.25) is 0 Å². The smallest absolute Gasteiger partial charge is 0.165 e. The molecule has 2 N–H and O–H groups in total. The van der Waals surface area contributed by atoms with Crippen LogP contribution in [0.3, 0.4) is 0 Å². The van der Waals surface area contributed by atoms with Crippen LogP contribution < -0.4 is 5.73 Å². The van der Waals surface area contributed by atoms with Crippen LogP contribution in [-0.4, -0.2) is 12.4 Å². The van der Waals surface area contributed by atoms with Crippen LogP contribution in [0.25, 0.3) is 0 Å². The second-order valence-electron chi connectivity index (χ2n) is 3.95. The summed E-state index contributed by atoms with van der Waals surface area (Å²) in [6.45, 7) is 0.203. The quantitative estimate of drug-likeness (QED) is 0.503. The fourth-order valence-corrected chi connectivity index (χ4v) is 1.97. The van der Waals surface area contributed by atoms with Gasteiger partial charge >= 0.3 is 0 Å². The molecule has 2 rings (SSSR count). The monoisotopic (exact) mass is 168 g/mol. The Bertz CT molecular complexity index is 185. The van der Waals surface area contributed by atoms with Crippen molar-refractivity contribution in [3.8, 4) is 0 Å². The lowest BCUT2D eigenvalue weighted by molar-refractivity contribution is 0.149. The Balaban J connectivity index is 1.81. The highest BCUT2D eigenvalue weighted by molar-refractivity contribution is 5.84. The predicted molar refractivity (Wildman–Crippen MR) is 47.7 cm³/mol. The molecule has 3 nitrogen and oxygen atoms in total. The minimum absolute atomic E-state index is 0.203. The molecule has 0 heterocycles. The molecule has 2 aliphatic rings. The molecule has 0 atom stereocenters. The van der Waals surface area contributed by atoms with Crippen LogP contribution in [0.1, 0.15) is 38.5 Å². The molecule has 0 aromatic heterocycles. The maximum atomic E-state index is 5.18. The highest BCUT2D eigenvalue weighted by Gasteiger charge is 2.43. The highest BCUT2D eigenvalue weighted by Crippen LogP contribution is 2.55. The average Bonchev–Trinajstić information content (AvgIpc) is 2.85. The van der Waals surface area contributed by atoms with Gasteiger partial charge in [-0.05, 0) is 43.9 Å². The van der Waals surface area contributed by atoms with Crippen LogP contribution in [0, 0.1) is 5.41 Å². The fourth-order valence-electron chi connectivity index (χ4n) is 1.97. The molecule has 0 amide bonds. The lowest BCUT2D eigenvalue weighted by Gasteiger charge is -2.21. The SMILES string of the molecule is NCON=C1CCC2(CC1)CC2. The average molecular weight is 168 g/mol. The van der Waals surface area contributed by atoms with Crippen LogP contribution in [0.15, 0.2) is 5.16 Å². The Morgan fingerprint density at radius 3 is 2.42 bits per heavy atom. The summed E-state index contributed by atoms with van der Waals surface area (Å²) in [6, 6.07) is 0. The van der Waals surface area contributed by atoms with Crippen LogP contribution in [-0.2, 0) is 4.84 Å². The molecule has 68 valence electrons. The van der Waals surface area contributed by atoms with E-state index in [1.807, 2.05) is 0 Å². The molecular formula is C9H16N2O. The number of nitrogens with two attached hydrogens (primary N) is 1. The first kappa shape index (κ1) is 8.05. The molecule has 0 aromatic carbocycles. The molecule has 0 saturated heterocycles. The van der Waals surface area contributed by atoms with Crippen molar-refractivity contribution in [3.05, 3.63) is 0 Å². The summed E-state index contributed by atoms with van der Waals surface area (Å²) in [5, 5.41) is 3.99. The summed E-state index contributed by atoms with van der Waals surface area (Å²) in [4.78, 5) is 4.83. The van der Waals surface area contributed by atoms with Gasteiger partial charge in [-0.2, -0.15) is 0 Å². The van der Waals surface area contributed by atoms with Crippen LogP contribution >= 0.6 is 0 Å². The van der Waals surface area contributed by atoms with E-state index in [4.69, 9.17) is 10.6 Å². The summed E-state index contributed by atoms with van der Waals surface area (Å²) in [5.41, 5.74) is 7.13. The zero-order valence-corrected chi connectivity index (χ0v) is 7.38. The molecule has 12 heavy (non-hydrogen) atoms. The van der Waals surface area contributed by atoms with E-state index in [9.17, 15) is 0 Å². The first-order valence-electron chi connectivity index (χ1n) is 4.72. The third-order valence-corrected chi connectivity index (χ3v) is 3.11. The van der Waals surface area contributed by atoms with Gasteiger partial charge in [-0.25, -0.2) is 0 Å². The van der Waals surface area contributed by atoms with Gasteiger partial charge < -0.3 is 4.84 Å². The minimum atomic E-state index is 0.203. The molecule has 0 aliphatic heterocycles. The van der Waals surface area contributed by atoms with Crippen molar-refractivity contribution in [1.82, 2.24) is 0 Å². The van der Waals surface area contributed by atoms with Crippen LogP contribution in [0.5, 0.6) is 0 Å². The zero-order chi connectivity index (χ0) is 8.44. The first-order valence-corrected chi connectivity index (χ1v) is 4.72. The molecule has 2 saturated carbocycles. The van der Waals surface area contributed by atoms with Gasteiger partial charge in [-0.3, -0.25) is 5.73 Å². The van der Waals surface area contributed by atoms with Gasteiger partial charge in [0.15, 0.2) is 6.73 Å². The Morgan fingerprint density at radius 1 is 1.25 bits per heavy atom. The normalized spacial score (nSPS) is 25.6. The van der Waals surface area contributed by atoms with Crippen molar-refractivity contribution in [3.63, 3.8) is 0 Å². The van der Waals surface area contributed by atoms with Crippen molar-refractivity contribution in [2.75, 3.05) is 6.73 Å². The standard InChI is InChI=1S/C9H16N2O/c10-7-12-11-8-1-3-9(4-2-8)5-6-9/h1-7,10H2. The Morgan fingerprint density at radius 2 is 1.92 bits per heavy atom. The molecule has 0 unspecified atom stereocenters. The van der Waals surface area contributed by atoms with Crippen molar-refractivity contribution in [2.45, 2.75) is 38.5 Å². The molecule has 0 bridgehead atoms. The molecule has 3 heteroatoms. The lowest BCUT2D eigenvalue weighted by Crippen LogP contribution is -2.15. The predicted octanol–water partition coefficient (Wildman–Crippen LogP) is 1.63. The second kappa shape index (κ2) is 3.05. The summed E-state index contributed by atoms with van der Waals surface area (Å²) < 4.78 is 0. The van der Waals surface area contributed by atoms with E-state index in [0.717, 1.165) is 18.3 Å². The van der Waals surface area contributed by atoms with Gasteiger partial charge in [-0.1, -0.05) is 5.16 Å². The van der Waals surface area contributed by atoms with Gasteiger partial charge in [0, 0.05) is 0 Å². The first-order chi connectivity index (χ1) is 5.85. The number of nitrogens with zero attached hydrogens (tertiary/aromatic N) is 1. The Labute approximate surface area is 72.9 Å². The second-order valence-corrected chi connectivity index (χ2v) is 3.95. The topological polar surface area (TPSA) is 47.6 Å². The van der Waals surface area contributed by atoms with E-state index >= 15 is 0 Å². The van der Waals surface area contributed by atoms with E-state index in [1.165, 1.54) is 31.4 Å². The largest absolute Gasteiger partial charge is 0.380 e. The summed E-state index contributed by atoms with van der Waals surface area (Å²) >= 11 is 0. The number of hydrogen-bond acceptors (Lipinski definition) is 3. The van der Waals surface area contributed by atoms with E-state index in [0.29, 0.717) is 0 Å². The summed E-state index contributed by atoms with van der Waals surface area (Å²) in [7, 11) is 0. The molecule has 2 aliphatic carbocycles. The third kappa shape index (κ3) is 1.61. The van der Waals surface area contributed by atoms with Gasteiger partial charge in [-0.15, -0.1) is 0 Å². The molecule has 1 spiro atoms. The number of oxime groups is 1. The van der Waals surface area contributed by atoms with Crippen molar-refractivity contribution >= 4 is 5.71 Å². The van der Waals surface area contributed by atoms with E-state index < -0.39 is 0 Å². The fraction of sp³-hybridized carbons (Fsp3) is 0.889.